The summed E-state index contributed by atoms with van der Waals surface area (Å²) in [5.74, 6) is -0.767. The molecule has 2 aromatic rings. The number of rotatable bonds is 4. The van der Waals surface area contributed by atoms with Crippen LogP contribution in [0.5, 0.6) is 0 Å². The first-order valence-electron chi connectivity index (χ1n) is 5.84. The van der Waals surface area contributed by atoms with E-state index in [1.54, 1.807) is 4.57 Å². The van der Waals surface area contributed by atoms with Gasteiger partial charge in [-0.1, -0.05) is 30.3 Å². The highest BCUT2D eigenvalue weighted by atomic mass is 16.3. The zero-order valence-electron chi connectivity index (χ0n) is 10.2. The third-order valence-corrected chi connectivity index (χ3v) is 2.80. The van der Waals surface area contributed by atoms with Gasteiger partial charge < -0.3 is 15.4 Å². The number of aliphatic hydroxyl groups excluding tert-OH is 1. The number of carbonyl (C=O) groups excluding carboxylic acids is 1. The molecule has 0 fully saturated rings. The topological polar surface area (TPSA) is 85.3 Å². The first-order valence-corrected chi connectivity index (χ1v) is 5.84. The van der Waals surface area contributed by atoms with Crippen LogP contribution in [0.4, 0.5) is 0 Å². The molecule has 0 aliphatic rings. The van der Waals surface area contributed by atoms with Crippen molar-refractivity contribution >= 4 is 5.91 Å². The average Bonchev–Trinajstić information content (AvgIpc) is 2.41. The third-order valence-electron chi connectivity index (χ3n) is 2.80. The van der Waals surface area contributed by atoms with Crippen molar-refractivity contribution in [2.75, 3.05) is 6.61 Å². The predicted octanol–water partition coefficient (Wildman–Crippen LogP) is 0.607. The molecule has 0 saturated heterocycles. The molecule has 1 amide bonds. The molecule has 1 aromatic heterocycles. The number of hydrogen-bond acceptors (Lipinski definition) is 3. The van der Waals surface area contributed by atoms with E-state index < -0.39 is 11.3 Å². The summed E-state index contributed by atoms with van der Waals surface area (Å²) < 4.78 is 1.65. The van der Waals surface area contributed by atoms with E-state index in [-0.39, 0.29) is 18.7 Å². The van der Waals surface area contributed by atoms with Gasteiger partial charge in [0.2, 0.25) is 0 Å². The Labute approximate surface area is 109 Å². The van der Waals surface area contributed by atoms with Crippen LogP contribution in [0.15, 0.2) is 47.4 Å². The second-order valence-electron chi connectivity index (χ2n) is 4.08. The van der Waals surface area contributed by atoms with E-state index in [0.717, 1.165) is 5.56 Å². The number of nitrogens with two attached hydrogens (primary N) is 1. The fraction of sp³-hybridized carbons (Fsp3) is 0.143. The normalized spacial score (nSPS) is 10.4. The number of primary amides is 1. The van der Waals surface area contributed by atoms with Crippen molar-refractivity contribution in [3.8, 4) is 11.3 Å². The van der Waals surface area contributed by atoms with Gasteiger partial charge in [0, 0.05) is 18.8 Å². The molecule has 0 aliphatic heterocycles. The summed E-state index contributed by atoms with van der Waals surface area (Å²) in [4.78, 5) is 23.0. The van der Waals surface area contributed by atoms with Gasteiger partial charge in [-0.25, -0.2) is 0 Å². The Kier molecular flexibility index (Phi) is 3.77. The molecular formula is C14H14N2O3. The van der Waals surface area contributed by atoms with E-state index in [4.69, 9.17) is 10.8 Å². The molecule has 1 aromatic carbocycles. The van der Waals surface area contributed by atoms with Gasteiger partial charge >= 0.3 is 0 Å². The lowest BCUT2D eigenvalue weighted by Gasteiger charge is -2.13. The largest absolute Gasteiger partial charge is 0.395 e. The third kappa shape index (κ3) is 2.71. The number of nitrogens with zero attached hydrogens (tertiary/aromatic N) is 1. The van der Waals surface area contributed by atoms with Crippen molar-refractivity contribution in [3.63, 3.8) is 0 Å². The van der Waals surface area contributed by atoms with E-state index >= 15 is 0 Å². The molecule has 0 atom stereocenters. The van der Waals surface area contributed by atoms with Crippen LogP contribution in [0.3, 0.4) is 0 Å². The second-order valence-corrected chi connectivity index (χ2v) is 4.08. The molecule has 0 spiro atoms. The summed E-state index contributed by atoms with van der Waals surface area (Å²) in [5.41, 5.74) is 6.14. The first kappa shape index (κ1) is 13.0. The van der Waals surface area contributed by atoms with E-state index in [0.29, 0.717) is 5.69 Å². The zero-order valence-corrected chi connectivity index (χ0v) is 10.2. The first-order chi connectivity index (χ1) is 9.13. The van der Waals surface area contributed by atoms with Gasteiger partial charge in [-0.05, 0) is 5.56 Å². The van der Waals surface area contributed by atoms with Crippen molar-refractivity contribution in [3.05, 3.63) is 58.4 Å². The minimum atomic E-state index is -0.767. The number of carbonyl (C=O) groups is 1. The summed E-state index contributed by atoms with van der Waals surface area (Å²) in [6.45, 7) is 0.186. The fourth-order valence-electron chi connectivity index (χ4n) is 1.91. The second kappa shape index (κ2) is 5.49. The maximum atomic E-state index is 11.8. The molecule has 98 valence electrons. The summed E-state index contributed by atoms with van der Waals surface area (Å²) >= 11 is 0. The minimum absolute atomic E-state index is 0.0758. The highest BCUT2D eigenvalue weighted by Gasteiger charge is 2.11. The van der Waals surface area contributed by atoms with Gasteiger partial charge in [-0.15, -0.1) is 0 Å². The Morgan fingerprint density at radius 3 is 2.53 bits per heavy atom. The quantitative estimate of drug-likeness (QED) is 0.842. The van der Waals surface area contributed by atoms with E-state index in [1.807, 2.05) is 30.3 Å². The van der Waals surface area contributed by atoms with Crippen LogP contribution >= 0.6 is 0 Å². The summed E-state index contributed by atoms with van der Waals surface area (Å²) in [6.07, 6.45) is 1.39. The molecule has 1 heterocycles. The average molecular weight is 258 g/mol. The molecule has 3 N–H and O–H groups in total. The maximum absolute atomic E-state index is 11.8. The lowest BCUT2D eigenvalue weighted by Crippen LogP contribution is -2.24. The highest BCUT2D eigenvalue weighted by molar-refractivity contribution is 5.92. The summed E-state index contributed by atoms with van der Waals surface area (Å²) in [7, 11) is 0. The SMILES string of the molecule is NC(=O)c1cn(CCO)c(-c2ccccc2)cc1=O. The number of aliphatic hydroxyl groups is 1. The van der Waals surface area contributed by atoms with Gasteiger partial charge in [-0.3, -0.25) is 9.59 Å². The lowest BCUT2D eigenvalue weighted by molar-refractivity contribution is 0.0998. The summed E-state index contributed by atoms with van der Waals surface area (Å²) in [5, 5.41) is 9.07. The highest BCUT2D eigenvalue weighted by Crippen LogP contribution is 2.17. The fourth-order valence-corrected chi connectivity index (χ4v) is 1.91. The van der Waals surface area contributed by atoms with Crippen LogP contribution in [0.25, 0.3) is 11.3 Å². The van der Waals surface area contributed by atoms with E-state index in [1.165, 1.54) is 12.3 Å². The van der Waals surface area contributed by atoms with Crippen molar-refractivity contribution in [2.45, 2.75) is 6.54 Å². The Balaban J connectivity index is 2.63. The van der Waals surface area contributed by atoms with Gasteiger partial charge in [0.05, 0.1) is 12.3 Å². The summed E-state index contributed by atoms with van der Waals surface area (Å²) in [6, 6.07) is 10.6. The van der Waals surface area contributed by atoms with Crippen LogP contribution in [0.1, 0.15) is 10.4 Å². The molecular weight excluding hydrogens is 244 g/mol. The van der Waals surface area contributed by atoms with Crippen LogP contribution < -0.4 is 11.2 Å². The standard InChI is InChI=1S/C14H14N2O3/c15-14(19)11-9-16(6-7-17)12(8-13(11)18)10-4-2-1-3-5-10/h1-5,8-9,17H,6-7H2,(H2,15,19). The van der Waals surface area contributed by atoms with Crippen LogP contribution in [-0.2, 0) is 6.54 Å². The lowest BCUT2D eigenvalue weighted by atomic mass is 10.1. The predicted molar refractivity (Wildman–Crippen MR) is 71.7 cm³/mol. The molecule has 19 heavy (non-hydrogen) atoms. The number of pyridine rings is 1. The molecule has 5 heteroatoms. The molecule has 0 saturated carbocycles. The van der Waals surface area contributed by atoms with Gasteiger partial charge in [0.25, 0.3) is 5.91 Å². The minimum Gasteiger partial charge on any atom is -0.395 e. The van der Waals surface area contributed by atoms with Crippen LogP contribution in [0.2, 0.25) is 0 Å². The zero-order chi connectivity index (χ0) is 13.8. The van der Waals surface area contributed by atoms with Crippen molar-refractivity contribution < 1.29 is 9.90 Å². The number of amides is 1. The van der Waals surface area contributed by atoms with Gasteiger partial charge in [-0.2, -0.15) is 0 Å². The monoisotopic (exact) mass is 258 g/mol. The Morgan fingerprint density at radius 2 is 1.95 bits per heavy atom. The number of benzene rings is 1. The molecule has 5 nitrogen and oxygen atoms in total. The molecule has 0 bridgehead atoms. The van der Waals surface area contributed by atoms with Gasteiger partial charge in [0.15, 0.2) is 5.43 Å². The molecule has 0 unspecified atom stereocenters. The molecule has 2 rings (SSSR count). The molecule has 0 aliphatic carbocycles. The Hall–Kier alpha value is -2.40. The van der Waals surface area contributed by atoms with E-state index in [2.05, 4.69) is 0 Å². The van der Waals surface area contributed by atoms with Crippen LogP contribution in [-0.4, -0.2) is 22.2 Å². The Morgan fingerprint density at radius 1 is 1.26 bits per heavy atom. The Bertz CT molecular complexity index is 647. The number of hydrogen-bond donors (Lipinski definition) is 2. The molecule has 0 radical (unpaired) electrons. The maximum Gasteiger partial charge on any atom is 0.254 e. The van der Waals surface area contributed by atoms with Crippen LogP contribution in [0, 0.1) is 0 Å². The van der Waals surface area contributed by atoms with Gasteiger partial charge in [0.1, 0.15) is 5.56 Å². The van der Waals surface area contributed by atoms with Crippen molar-refractivity contribution in [1.29, 1.82) is 0 Å². The number of aromatic nitrogens is 1. The van der Waals surface area contributed by atoms with Crippen molar-refractivity contribution in [2.24, 2.45) is 5.73 Å². The smallest absolute Gasteiger partial charge is 0.254 e. The van der Waals surface area contributed by atoms with E-state index in [9.17, 15) is 9.59 Å². The van der Waals surface area contributed by atoms with Crippen molar-refractivity contribution in [1.82, 2.24) is 4.57 Å².